The molecule has 0 saturated carbocycles. The molecule has 1 rings (SSSR count). The highest BCUT2D eigenvalue weighted by molar-refractivity contribution is 8.13. The van der Waals surface area contributed by atoms with E-state index in [0.29, 0.717) is 6.42 Å². The Morgan fingerprint density at radius 3 is 2.57 bits per heavy atom. The number of carbonyl (C=O) groups excluding carboxylic acids is 1. The first-order valence-corrected chi connectivity index (χ1v) is 5.61. The van der Waals surface area contributed by atoms with E-state index in [9.17, 15) is 4.79 Å². The molecule has 1 nitrogen and oxygen atoms in total. The van der Waals surface area contributed by atoms with E-state index in [2.05, 4.69) is 6.58 Å². The van der Waals surface area contributed by atoms with Gasteiger partial charge in [-0.15, -0.1) is 0 Å². The first kappa shape index (κ1) is 11.1. The highest BCUT2D eigenvalue weighted by Crippen LogP contribution is 2.19. The van der Waals surface area contributed by atoms with Crippen LogP contribution in [0.5, 0.6) is 0 Å². The van der Waals surface area contributed by atoms with Crippen molar-refractivity contribution in [3.05, 3.63) is 42.5 Å². The van der Waals surface area contributed by atoms with Crippen molar-refractivity contribution in [2.24, 2.45) is 0 Å². The third-order valence-corrected chi connectivity index (χ3v) is 2.60. The van der Waals surface area contributed by atoms with Gasteiger partial charge in [-0.05, 0) is 16.9 Å². The molecule has 0 atom stereocenters. The van der Waals surface area contributed by atoms with E-state index >= 15 is 0 Å². The standard InChI is InChI=1S/C12H14OS/c1-3-14-12(13)9-10(2)11-7-5-4-6-8-11/h4-8H,2-3,9H2,1H3. The molecular weight excluding hydrogens is 192 g/mol. The van der Waals surface area contributed by atoms with Gasteiger partial charge in [0.2, 0.25) is 0 Å². The summed E-state index contributed by atoms with van der Waals surface area (Å²) in [5.74, 6) is 0.834. The van der Waals surface area contributed by atoms with E-state index in [1.54, 1.807) is 0 Å². The normalized spacial score (nSPS) is 9.79. The Bertz CT molecular complexity index is 316. The smallest absolute Gasteiger partial charge is 0.193 e. The summed E-state index contributed by atoms with van der Waals surface area (Å²) in [5, 5.41) is 0.196. The summed E-state index contributed by atoms with van der Waals surface area (Å²) in [7, 11) is 0. The van der Waals surface area contributed by atoms with Gasteiger partial charge in [0.1, 0.15) is 0 Å². The maximum atomic E-state index is 11.3. The zero-order valence-corrected chi connectivity index (χ0v) is 9.14. The van der Waals surface area contributed by atoms with E-state index in [1.807, 2.05) is 37.3 Å². The van der Waals surface area contributed by atoms with Gasteiger partial charge in [0.15, 0.2) is 5.12 Å². The minimum Gasteiger partial charge on any atom is -0.287 e. The Morgan fingerprint density at radius 1 is 1.36 bits per heavy atom. The maximum Gasteiger partial charge on any atom is 0.193 e. The molecule has 14 heavy (non-hydrogen) atoms. The molecule has 1 aromatic rings. The van der Waals surface area contributed by atoms with Crippen LogP contribution in [0.15, 0.2) is 36.9 Å². The quantitative estimate of drug-likeness (QED) is 0.751. The molecule has 74 valence electrons. The molecule has 1 aromatic carbocycles. The second-order valence-corrected chi connectivity index (χ2v) is 4.27. The Balaban J connectivity index is 2.55. The SMILES string of the molecule is C=C(CC(=O)SCC)c1ccccc1. The number of allylic oxidation sites excluding steroid dienone is 1. The number of hydrogen-bond acceptors (Lipinski definition) is 2. The number of thioether (sulfide) groups is 1. The van der Waals surface area contributed by atoms with Crippen molar-refractivity contribution >= 4 is 22.5 Å². The Hall–Kier alpha value is -1.02. The van der Waals surface area contributed by atoms with Crippen molar-refractivity contribution in [2.75, 3.05) is 5.75 Å². The third-order valence-electron chi connectivity index (χ3n) is 1.85. The van der Waals surface area contributed by atoms with Crippen LogP contribution in [-0.2, 0) is 4.79 Å². The molecule has 2 heteroatoms. The van der Waals surface area contributed by atoms with Crippen LogP contribution in [0.1, 0.15) is 18.9 Å². The van der Waals surface area contributed by atoms with E-state index < -0.39 is 0 Å². The fourth-order valence-electron chi connectivity index (χ4n) is 1.16. The van der Waals surface area contributed by atoms with Gasteiger partial charge in [-0.25, -0.2) is 0 Å². The molecule has 0 aliphatic carbocycles. The van der Waals surface area contributed by atoms with E-state index in [4.69, 9.17) is 0 Å². The van der Waals surface area contributed by atoms with Crippen LogP contribution < -0.4 is 0 Å². The van der Waals surface area contributed by atoms with Gasteiger partial charge >= 0.3 is 0 Å². The molecule has 0 fully saturated rings. The lowest BCUT2D eigenvalue weighted by Gasteiger charge is -2.03. The predicted molar refractivity (Wildman–Crippen MR) is 63.2 cm³/mol. The highest BCUT2D eigenvalue weighted by Gasteiger charge is 2.05. The van der Waals surface area contributed by atoms with Gasteiger partial charge in [-0.3, -0.25) is 4.79 Å². The number of hydrogen-bond donors (Lipinski definition) is 0. The largest absolute Gasteiger partial charge is 0.287 e. The summed E-state index contributed by atoms with van der Waals surface area (Å²) >= 11 is 1.35. The molecule has 0 aromatic heterocycles. The first-order valence-electron chi connectivity index (χ1n) is 4.63. The molecule has 0 spiro atoms. The second-order valence-electron chi connectivity index (χ2n) is 2.95. The van der Waals surface area contributed by atoms with Crippen LogP contribution in [0.3, 0.4) is 0 Å². The monoisotopic (exact) mass is 206 g/mol. The number of carbonyl (C=O) groups is 1. The van der Waals surface area contributed by atoms with Crippen LogP contribution in [0.4, 0.5) is 0 Å². The molecule has 0 N–H and O–H groups in total. The zero-order valence-electron chi connectivity index (χ0n) is 8.32. The minimum atomic E-state index is 0.196. The van der Waals surface area contributed by atoms with E-state index in [0.717, 1.165) is 16.9 Å². The lowest BCUT2D eigenvalue weighted by atomic mass is 10.1. The van der Waals surface area contributed by atoms with Gasteiger partial charge < -0.3 is 0 Å². The van der Waals surface area contributed by atoms with Crippen LogP contribution in [0.2, 0.25) is 0 Å². The first-order chi connectivity index (χ1) is 6.74. The molecule has 0 bridgehead atoms. The molecule has 0 aliphatic rings. The summed E-state index contributed by atoms with van der Waals surface area (Å²) < 4.78 is 0. The molecule has 0 radical (unpaired) electrons. The fraction of sp³-hybridized carbons (Fsp3) is 0.250. The van der Waals surface area contributed by atoms with Crippen molar-refractivity contribution in [2.45, 2.75) is 13.3 Å². The fourth-order valence-corrected chi connectivity index (χ4v) is 1.76. The summed E-state index contributed by atoms with van der Waals surface area (Å²) in [6.45, 7) is 5.89. The minimum absolute atomic E-state index is 0.196. The topological polar surface area (TPSA) is 17.1 Å². The average Bonchev–Trinajstić information content (AvgIpc) is 2.19. The Kier molecular flexibility index (Phi) is 4.47. The van der Waals surface area contributed by atoms with Crippen molar-refractivity contribution < 1.29 is 4.79 Å². The second kappa shape index (κ2) is 5.66. The van der Waals surface area contributed by atoms with Crippen LogP contribution in [0.25, 0.3) is 5.57 Å². The van der Waals surface area contributed by atoms with E-state index in [-0.39, 0.29) is 5.12 Å². The van der Waals surface area contributed by atoms with Crippen LogP contribution in [-0.4, -0.2) is 10.9 Å². The van der Waals surface area contributed by atoms with Crippen LogP contribution >= 0.6 is 11.8 Å². The maximum absolute atomic E-state index is 11.3. The summed E-state index contributed by atoms with van der Waals surface area (Å²) in [5.41, 5.74) is 1.95. The molecule has 0 saturated heterocycles. The van der Waals surface area contributed by atoms with Gasteiger partial charge in [-0.2, -0.15) is 0 Å². The predicted octanol–water partition coefficient (Wildman–Crippen LogP) is 3.37. The van der Waals surface area contributed by atoms with Crippen molar-refractivity contribution in [1.82, 2.24) is 0 Å². The van der Waals surface area contributed by atoms with Gasteiger partial charge in [-0.1, -0.05) is 55.6 Å². The van der Waals surface area contributed by atoms with Crippen molar-refractivity contribution in [3.8, 4) is 0 Å². The van der Waals surface area contributed by atoms with E-state index in [1.165, 1.54) is 11.8 Å². The molecule has 0 aliphatic heterocycles. The lowest BCUT2D eigenvalue weighted by molar-refractivity contribution is -0.110. The van der Waals surface area contributed by atoms with Crippen molar-refractivity contribution in [1.29, 1.82) is 0 Å². The molecular formula is C12H14OS. The average molecular weight is 206 g/mol. The molecule has 0 heterocycles. The molecule has 0 amide bonds. The Labute approximate surface area is 89.2 Å². The molecule has 0 unspecified atom stereocenters. The van der Waals surface area contributed by atoms with Crippen LogP contribution in [0, 0.1) is 0 Å². The summed E-state index contributed by atoms with van der Waals surface area (Å²) in [4.78, 5) is 11.3. The summed E-state index contributed by atoms with van der Waals surface area (Å²) in [6, 6.07) is 9.83. The van der Waals surface area contributed by atoms with Crippen molar-refractivity contribution in [3.63, 3.8) is 0 Å². The van der Waals surface area contributed by atoms with Gasteiger partial charge in [0.25, 0.3) is 0 Å². The Morgan fingerprint density at radius 2 is 2.00 bits per heavy atom. The van der Waals surface area contributed by atoms with Gasteiger partial charge in [0, 0.05) is 6.42 Å². The zero-order chi connectivity index (χ0) is 10.4. The number of benzene rings is 1. The summed E-state index contributed by atoms with van der Waals surface area (Å²) in [6.07, 6.45) is 0.447. The lowest BCUT2D eigenvalue weighted by Crippen LogP contribution is -1.94. The van der Waals surface area contributed by atoms with Gasteiger partial charge in [0.05, 0.1) is 0 Å². The number of rotatable bonds is 4. The highest BCUT2D eigenvalue weighted by atomic mass is 32.2. The third kappa shape index (κ3) is 3.38.